The van der Waals surface area contributed by atoms with Gasteiger partial charge in [-0.3, -0.25) is 9.78 Å². The van der Waals surface area contributed by atoms with E-state index in [0.717, 1.165) is 16.6 Å². The van der Waals surface area contributed by atoms with E-state index in [-0.39, 0.29) is 5.56 Å². The monoisotopic (exact) mass is 358 g/mol. The minimum absolute atomic E-state index is 0.229. The summed E-state index contributed by atoms with van der Waals surface area (Å²) in [5, 5.41) is 0. The molecule has 4 heterocycles. The fraction of sp³-hybridized carbons (Fsp3) is 0. The van der Waals surface area contributed by atoms with E-state index in [1.807, 2.05) is 36.4 Å². The Bertz CT molecular complexity index is 1360. The van der Waals surface area contributed by atoms with E-state index in [9.17, 15) is 4.79 Å². The van der Waals surface area contributed by atoms with Gasteiger partial charge in [-0.1, -0.05) is 23.5 Å². The van der Waals surface area contributed by atoms with E-state index in [0.29, 0.717) is 21.3 Å². The number of aliphatic imine (C=N–C) groups is 1. The van der Waals surface area contributed by atoms with E-state index in [1.165, 1.54) is 21.8 Å². The Morgan fingerprint density at radius 3 is 2.58 bits per heavy atom. The van der Waals surface area contributed by atoms with Gasteiger partial charge in [-0.15, -0.1) is 0 Å². The number of hydrogen-bond donors (Lipinski definition) is 0. The van der Waals surface area contributed by atoms with Crippen molar-refractivity contribution in [2.75, 3.05) is 0 Å². The first-order chi connectivity index (χ1) is 12.8. The largest absolute Gasteiger partial charge is 0.269 e. The molecule has 0 aliphatic carbocycles. The molecule has 0 atom stereocenters. The fourth-order valence-electron chi connectivity index (χ4n) is 2.64. The second-order valence-corrected chi connectivity index (χ2v) is 6.51. The van der Waals surface area contributed by atoms with Crippen molar-refractivity contribution in [1.29, 1.82) is 0 Å². The van der Waals surface area contributed by atoms with E-state index >= 15 is 0 Å². The van der Waals surface area contributed by atoms with Crippen LogP contribution in [0.4, 0.5) is 5.82 Å². The highest BCUT2D eigenvalue weighted by Crippen LogP contribution is 2.24. The minimum atomic E-state index is -0.229. The summed E-state index contributed by atoms with van der Waals surface area (Å²) in [6.45, 7) is 0. The normalized spacial score (nSPS) is 11.8. The van der Waals surface area contributed by atoms with Gasteiger partial charge in [0.2, 0.25) is 4.96 Å². The molecule has 7 nitrogen and oxygen atoms in total. The molecule has 0 N–H and O–H groups in total. The SMILES string of the molecule is O=c1cc(/N=C/c2ccncc2)nc2sc3nc4ccccc4nc3n12. The summed E-state index contributed by atoms with van der Waals surface area (Å²) in [4.78, 5) is 35.7. The molecule has 1 aromatic carbocycles. The van der Waals surface area contributed by atoms with Gasteiger partial charge in [0, 0.05) is 24.7 Å². The highest BCUT2D eigenvalue weighted by molar-refractivity contribution is 7.23. The molecule has 0 saturated heterocycles. The lowest BCUT2D eigenvalue weighted by Crippen LogP contribution is -2.12. The Morgan fingerprint density at radius 2 is 1.77 bits per heavy atom. The first-order valence-electron chi connectivity index (χ1n) is 7.81. The molecule has 0 radical (unpaired) electrons. The molecule has 0 aliphatic heterocycles. The van der Waals surface area contributed by atoms with Crippen LogP contribution in [0.3, 0.4) is 0 Å². The summed E-state index contributed by atoms with van der Waals surface area (Å²) in [5.41, 5.74) is 2.70. The van der Waals surface area contributed by atoms with Crippen LogP contribution < -0.4 is 5.56 Å². The van der Waals surface area contributed by atoms with Gasteiger partial charge in [0.1, 0.15) is 0 Å². The van der Waals surface area contributed by atoms with E-state index in [2.05, 4.69) is 24.9 Å². The number of aromatic nitrogens is 5. The highest BCUT2D eigenvalue weighted by atomic mass is 32.1. The Balaban J connectivity index is 1.70. The van der Waals surface area contributed by atoms with Gasteiger partial charge < -0.3 is 0 Å². The summed E-state index contributed by atoms with van der Waals surface area (Å²) in [6, 6.07) is 12.6. The topological polar surface area (TPSA) is 85.4 Å². The summed E-state index contributed by atoms with van der Waals surface area (Å²) in [6.07, 6.45) is 5.01. The molecule has 0 unspecified atom stereocenters. The maximum absolute atomic E-state index is 12.6. The van der Waals surface area contributed by atoms with Gasteiger partial charge >= 0.3 is 0 Å². The summed E-state index contributed by atoms with van der Waals surface area (Å²) < 4.78 is 1.48. The van der Waals surface area contributed by atoms with Gasteiger partial charge in [-0.25, -0.2) is 24.3 Å². The Kier molecular flexibility index (Phi) is 3.29. The number of fused-ring (bicyclic) bond motifs is 4. The quantitative estimate of drug-likeness (QED) is 0.453. The summed E-state index contributed by atoms with van der Waals surface area (Å²) in [7, 11) is 0. The van der Waals surface area contributed by atoms with Gasteiger partial charge in [-0.2, -0.15) is 0 Å². The number of benzene rings is 1. The average Bonchev–Trinajstić information content (AvgIpc) is 3.03. The predicted octanol–water partition coefficient (Wildman–Crippen LogP) is 3.00. The van der Waals surface area contributed by atoms with Crippen LogP contribution in [-0.2, 0) is 0 Å². The van der Waals surface area contributed by atoms with E-state index in [1.54, 1.807) is 18.6 Å². The van der Waals surface area contributed by atoms with Crippen molar-refractivity contribution in [2.45, 2.75) is 0 Å². The minimum Gasteiger partial charge on any atom is -0.269 e. The first kappa shape index (κ1) is 14.8. The van der Waals surface area contributed by atoms with Gasteiger partial charge in [0.15, 0.2) is 16.3 Å². The Morgan fingerprint density at radius 1 is 1.00 bits per heavy atom. The number of rotatable bonds is 2. The second kappa shape index (κ2) is 5.78. The summed E-state index contributed by atoms with van der Waals surface area (Å²) >= 11 is 1.32. The van der Waals surface area contributed by atoms with Crippen molar-refractivity contribution >= 4 is 49.8 Å². The molecule has 26 heavy (non-hydrogen) atoms. The van der Waals surface area contributed by atoms with Crippen LogP contribution in [0.1, 0.15) is 5.56 Å². The molecule has 0 aliphatic rings. The number of para-hydroxylation sites is 2. The van der Waals surface area contributed by atoms with Crippen molar-refractivity contribution < 1.29 is 0 Å². The first-order valence-corrected chi connectivity index (χ1v) is 8.63. The van der Waals surface area contributed by atoms with Crippen molar-refractivity contribution in [2.24, 2.45) is 4.99 Å². The maximum Gasteiger partial charge on any atom is 0.262 e. The standard InChI is InChI=1S/C18H10N6OS/c25-15-9-14(20-10-11-5-7-19-8-6-11)23-18-24(15)16-17(26-18)22-13-4-2-1-3-12(13)21-16/h1-10H/b20-10+. The maximum atomic E-state index is 12.6. The number of pyridine rings is 1. The molecule has 8 heteroatoms. The molecule has 0 fully saturated rings. The molecular weight excluding hydrogens is 348 g/mol. The Labute approximate surface area is 150 Å². The second-order valence-electron chi connectivity index (χ2n) is 5.55. The van der Waals surface area contributed by atoms with Crippen molar-refractivity contribution in [1.82, 2.24) is 24.3 Å². The van der Waals surface area contributed by atoms with Gasteiger partial charge in [0.05, 0.1) is 11.0 Å². The number of nitrogens with zero attached hydrogens (tertiary/aromatic N) is 6. The van der Waals surface area contributed by atoms with Gasteiger partial charge in [-0.05, 0) is 29.8 Å². The van der Waals surface area contributed by atoms with E-state index < -0.39 is 0 Å². The zero-order chi connectivity index (χ0) is 17.5. The lowest BCUT2D eigenvalue weighted by atomic mass is 10.3. The third-order valence-corrected chi connectivity index (χ3v) is 4.77. The van der Waals surface area contributed by atoms with Crippen LogP contribution >= 0.6 is 11.3 Å². The molecule has 0 saturated carbocycles. The molecule has 4 aromatic heterocycles. The average molecular weight is 358 g/mol. The molecule has 0 bridgehead atoms. The third-order valence-electron chi connectivity index (χ3n) is 3.85. The molecule has 124 valence electrons. The van der Waals surface area contributed by atoms with E-state index in [4.69, 9.17) is 0 Å². The lowest BCUT2D eigenvalue weighted by Gasteiger charge is -1.97. The number of hydrogen-bond acceptors (Lipinski definition) is 7. The van der Waals surface area contributed by atoms with Crippen molar-refractivity contribution in [3.8, 4) is 0 Å². The zero-order valence-electron chi connectivity index (χ0n) is 13.3. The molecule has 5 aromatic rings. The lowest BCUT2D eigenvalue weighted by molar-refractivity contribution is 1.09. The van der Waals surface area contributed by atoms with Crippen LogP contribution in [0.5, 0.6) is 0 Å². The molecule has 5 rings (SSSR count). The van der Waals surface area contributed by atoms with Crippen LogP contribution in [0.15, 0.2) is 64.6 Å². The molecule has 0 spiro atoms. The third kappa shape index (κ3) is 2.44. The van der Waals surface area contributed by atoms with Crippen LogP contribution in [0.2, 0.25) is 0 Å². The van der Waals surface area contributed by atoms with Gasteiger partial charge in [0.25, 0.3) is 5.56 Å². The van der Waals surface area contributed by atoms with Crippen LogP contribution in [0, 0.1) is 0 Å². The summed E-state index contributed by atoms with van der Waals surface area (Å²) in [5.74, 6) is 0.350. The fourth-order valence-corrected chi connectivity index (χ4v) is 3.60. The predicted molar refractivity (Wildman–Crippen MR) is 101 cm³/mol. The van der Waals surface area contributed by atoms with Crippen LogP contribution in [-0.4, -0.2) is 30.6 Å². The number of thiazole rings is 1. The zero-order valence-corrected chi connectivity index (χ0v) is 14.1. The molecular formula is C18H10N6OS. The Hall–Kier alpha value is -3.52. The van der Waals surface area contributed by atoms with Crippen LogP contribution in [0.25, 0.3) is 26.5 Å². The van der Waals surface area contributed by atoms with Crippen molar-refractivity contribution in [3.63, 3.8) is 0 Å². The van der Waals surface area contributed by atoms with Crippen molar-refractivity contribution in [3.05, 3.63) is 70.8 Å². The molecule has 0 amide bonds. The smallest absolute Gasteiger partial charge is 0.262 e. The highest BCUT2D eigenvalue weighted by Gasteiger charge is 2.12.